The van der Waals surface area contributed by atoms with Crippen LogP contribution < -0.4 is 0 Å². The van der Waals surface area contributed by atoms with Crippen LogP contribution in [0, 0.1) is 0 Å². The first-order chi connectivity index (χ1) is 7.84. The number of fused-ring (bicyclic) bond motifs is 3. The van der Waals surface area contributed by atoms with Crippen LogP contribution in [-0.4, -0.2) is 4.21 Å². The molecule has 2 aromatic carbocycles. The second-order valence-corrected chi connectivity index (χ2v) is 5.50. The van der Waals surface area contributed by atoms with Crippen LogP contribution in [0.25, 0.3) is 11.1 Å². The van der Waals surface area contributed by atoms with E-state index in [2.05, 4.69) is 24.3 Å². The molecule has 0 aliphatic carbocycles. The van der Waals surface area contributed by atoms with Crippen molar-refractivity contribution in [2.45, 2.75) is 11.5 Å². The normalized spacial score (nSPS) is 15.0. The predicted molar refractivity (Wildman–Crippen MR) is 67.4 cm³/mol. The molecule has 0 saturated heterocycles. The Morgan fingerprint density at radius 3 is 1.69 bits per heavy atom. The lowest BCUT2D eigenvalue weighted by Gasteiger charge is -2.07. The fraction of sp³-hybridized carbons (Fsp3) is 0.143. The Morgan fingerprint density at radius 1 is 0.750 bits per heavy atom. The van der Waals surface area contributed by atoms with Crippen LogP contribution in [0.1, 0.15) is 11.1 Å². The van der Waals surface area contributed by atoms with Gasteiger partial charge in [-0.25, -0.2) is 0 Å². The summed E-state index contributed by atoms with van der Waals surface area (Å²) in [7, 11) is -0.780. The summed E-state index contributed by atoms with van der Waals surface area (Å²) in [6, 6.07) is 16.5. The quantitative estimate of drug-likeness (QED) is 0.677. The Balaban J connectivity index is 2.30. The van der Waals surface area contributed by atoms with Crippen molar-refractivity contribution in [2.75, 3.05) is 0 Å². The molecule has 0 N–H and O–H groups in total. The van der Waals surface area contributed by atoms with Crippen molar-refractivity contribution in [1.82, 2.24) is 0 Å². The molecule has 0 unspecified atom stereocenters. The van der Waals surface area contributed by atoms with E-state index in [-0.39, 0.29) is 0 Å². The third-order valence-electron chi connectivity index (χ3n) is 2.96. The summed E-state index contributed by atoms with van der Waals surface area (Å²) in [5.41, 5.74) is 4.88. The van der Waals surface area contributed by atoms with E-state index in [0.717, 1.165) is 0 Å². The van der Waals surface area contributed by atoms with Crippen LogP contribution in [0.15, 0.2) is 48.5 Å². The molecule has 1 aliphatic rings. The Kier molecular flexibility index (Phi) is 2.37. The van der Waals surface area contributed by atoms with Crippen molar-refractivity contribution >= 4 is 10.8 Å². The number of benzene rings is 2. The first-order valence-corrected chi connectivity index (χ1v) is 6.84. The van der Waals surface area contributed by atoms with Crippen molar-refractivity contribution < 1.29 is 4.21 Å². The molecule has 1 heterocycles. The van der Waals surface area contributed by atoms with E-state index in [1.54, 1.807) is 0 Å². The highest BCUT2D eigenvalue weighted by Crippen LogP contribution is 2.31. The van der Waals surface area contributed by atoms with Crippen LogP contribution in [0.4, 0.5) is 0 Å². The zero-order chi connectivity index (χ0) is 11.0. The second kappa shape index (κ2) is 3.87. The van der Waals surface area contributed by atoms with Gasteiger partial charge in [-0.3, -0.25) is 4.21 Å². The molecule has 3 rings (SSSR count). The van der Waals surface area contributed by atoms with Crippen LogP contribution in [-0.2, 0) is 22.3 Å². The lowest BCUT2D eigenvalue weighted by Crippen LogP contribution is -1.95. The molecule has 1 aliphatic heterocycles. The van der Waals surface area contributed by atoms with Gasteiger partial charge in [-0.1, -0.05) is 48.5 Å². The van der Waals surface area contributed by atoms with E-state index in [1.807, 2.05) is 24.3 Å². The average Bonchev–Trinajstić information content (AvgIpc) is 2.44. The van der Waals surface area contributed by atoms with E-state index < -0.39 is 10.8 Å². The molecule has 0 radical (unpaired) electrons. The molecule has 0 saturated carbocycles. The highest BCUT2D eigenvalue weighted by atomic mass is 32.2. The Labute approximate surface area is 97.6 Å². The van der Waals surface area contributed by atoms with E-state index in [0.29, 0.717) is 11.5 Å². The average molecular weight is 228 g/mol. The largest absolute Gasteiger partial charge is 0.259 e. The fourth-order valence-electron chi connectivity index (χ4n) is 2.22. The Morgan fingerprint density at radius 2 is 1.19 bits per heavy atom. The molecule has 2 heteroatoms. The topological polar surface area (TPSA) is 17.1 Å². The van der Waals surface area contributed by atoms with Gasteiger partial charge in [0.25, 0.3) is 0 Å². The molecule has 16 heavy (non-hydrogen) atoms. The van der Waals surface area contributed by atoms with Crippen molar-refractivity contribution in [3.8, 4) is 11.1 Å². The number of hydrogen-bond donors (Lipinski definition) is 0. The standard InChI is InChI=1S/C14H12OS/c15-16-9-11-5-1-3-7-13(11)14-8-4-2-6-12(14)10-16/h1-8H,9-10H2. The van der Waals surface area contributed by atoms with E-state index >= 15 is 0 Å². The summed E-state index contributed by atoms with van der Waals surface area (Å²) in [4.78, 5) is 0. The molecular formula is C14H12OS. The van der Waals surface area contributed by atoms with Gasteiger partial charge in [0.15, 0.2) is 0 Å². The molecule has 0 atom stereocenters. The minimum atomic E-state index is -0.780. The molecule has 0 bridgehead atoms. The van der Waals surface area contributed by atoms with E-state index in [9.17, 15) is 4.21 Å². The summed E-state index contributed by atoms with van der Waals surface area (Å²) in [6.07, 6.45) is 0. The summed E-state index contributed by atoms with van der Waals surface area (Å²) in [5.74, 6) is 1.34. The van der Waals surface area contributed by atoms with Gasteiger partial charge in [0.1, 0.15) is 0 Å². The van der Waals surface area contributed by atoms with Crippen LogP contribution in [0.2, 0.25) is 0 Å². The molecular weight excluding hydrogens is 216 g/mol. The van der Waals surface area contributed by atoms with Crippen molar-refractivity contribution in [1.29, 1.82) is 0 Å². The third kappa shape index (κ3) is 1.59. The second-order valence-electron chi connectivity index (χ2n) is 4.04. The monoisotopic (exact) mass is 228 g/mol. The van der Waals surface area contributed by atoms with E-state index in [1.165, 1.54) is 22.3 Å². The minimum absolute atomic E-state index is 0.671. The maximum Gasteiger partial charge on any atom is 0.0495 e. The molecule has 0 spiro atoms. The van der Waals surface area contributed by atoms with E-state index in [4.69, 9.17) is 0 Å². The molecule has 80 valence electrons. The smallest absolute Gasteiger partial charge is 0.0495 e. The zero-order valence-corrected chi connectivity index (χ0v) is 9.67. The first-order valence-electron chi connectivity index (χ1n) is 5.36. The zero-order valence-electron chi connectivity index (χ0n) is 8.85. The van der Waals surface area contributed by atoms with Crippen LogP contribution in [0.5, 0.6) is 0 Å². The molecule has 0 aromatic heterocycles. The minimum Gasteiger partial charge on any atom is -0.259 e. The van der Waals surface area contributed by atoms with Gasteiger partial charge >= 0.3 is 0 Å². The van der Waals surface area contributed by atoms with Gasteiger partial charge in [-0.2, -0.15) is 0 Å². The Hall–Kier alpha value is -1.41. The highest BCUT2D eigenvalue weighted by Gasteiger charge is 2.16. The van der Waals surface area contributed by atoms with Gasteiger partial charge in [-0.05, 0) is 22.3 Å². The first kappa shape index (κ1) is 9.79. The van der Waals surface area contributed by atoms with Crippen molar-refractivity contribution in [3.63, 3.8) is 0 Å². The van der Waals surface area contributed by atoms with Crippen LogP contribution in [0.3, 0.4) is 0 Å². The van der Waals surface area contributed by atoms with Crippen molar-refractivity contribution in [3.05, 3.63) is 59.7 Å². The summed E-state index contributed by atoms with van der Waals surface area (Å²) in [6.45, 7) is 0. The lowest BCUT2D eigenvalue weighted by molar-refractivity contribution is 0.682. The molecule has 0 amide bonds. The van der Waals surface area contributed by atoms with Crippen LogP contribution >= 0.6 is 0 Å². The predicted octanol–water partition coefficient (Wildman–Crippen LogP) is 3.12. The summed E-state index contributed by atoms with van der Waals surface area (Å²) in [5, 5.41) is 0. The Bertz CT molecular complexity index is 511. The van der Waals surface area contributed by atoms with Gasteiger partial charge in [0, 0.05) is 22.3 Å². The van der Waals surface area contributed by atoms with Crippen molar-refractivity contribution in [2.24, 2.45) is 0 Å². The maximum absolute atomic E-state index is 11.9. The summed E-state index contributed by atoms with van der Waals surface area (Å²) >= 11 is 0. The lowest BCUT2D eigenvalue weighted by atomic mass is 9.97. The number of rotatable bonds is 0. The van der Waals surface area contributed by atoms with Gasteiger partial charge in [-0.15, -0.1) is 0 Å². The fourth-order valence-corrected chi connectivity index (χ4v) is 3.52. The van der Waals surface area contributed by atoms with Gasteiger partial charge in [0.2, 0.25) is 0 Å². The third-order valence-corrected chi connectivity index (χ3v) is 4.22. The number of hydrogen-bond acceptors (Lipinski definition) is 1. The summed E-state index contributed by atoms with van der Waals surface area (Å²) < 4.78 is 11.9. The van der Waals surface area contributed by atoms with Gasteiger partial charge in [0.05, 0.1) is 0 Å². The van der Waals surface area contributed by atoms with Gasteiger partial charge < -0.3 is 0 Å². The molecule has 0 fully saturated rings. The highest BCUT2D eigenvalue weighted by molar-refractivity contribution is 7.83. The molecule has 2 aromatic rings. The maximum atomic E-state index is 11.9. The molecule has 1 nitrogen and oxygen atoms in total. The SMILES string of the molecule is O=S1Cc2ccccc2-c2ccccc2C1.